The molecule has 0 unspecified atom stereocenters. The van der Waals surface area contributed by atoms with Gasteiger partial charge in [0.2, 0.25) is 5.76 Å². The molecule has 5 rings (SSSR count). The van der Waals surface area contributed by atoms with Crippen molar-refractivity contribution in [2.75, 3.05) is 12.0 Å². The highest BCUT2D eigenvalue weighted by Crippen LogP contribution is 2.28. The van der Waals surface area contributed by atoms with Crippen molar-refractivity contribution in [3.63, 3.8) is 0 Å². The third-order valence-electron chi connectivity index (χ3n) is 6.06. The van der Waals surface area contributed by atoms with E-state index in [1.54, 1.807) is 30.5 Å². The van der Waals surface area contributed by atoms with Gasteiger partial charge in [-0.05, 0) is 61.4 Å². The third kappa shape index (κ3) is 4.42. The molecular weight excluding hydrogens is 474 g/mol. The molecule has 0 aliphatic carbocycles. The number of amides is 4. The molecule has 3 heterocycles. The van der Waals surface area contributed by atoms with Gasteiger partial charge in [0.1, 0.15) is 11.3 Å². The van der Waals surface area contributed by atoms with E-state index in [0.29, 0.717) is 23.6 Å². The summed E-state index contributed by atoms with van der Waals surface area (Å²) in [6, 6.07) is 15.3. The highest BCUT2D eigenvalue weighted by atomic mass is 16.5. The fourth-order valence-electron chi connectivity index (χ4n) is 4.49. The van der Waals surface area contributed by atoms with Crippen LogP contribution in [0, 0.1) is 13.8 Å². The highest BCUT2D eigenvalue weighted by molar-refractivity contribution is 6.39. The normalized spacial score (nSPS) is 14.9. The van der Waals surface area contributed by atoms with Crippen molar-refractivity contribution < 1.29 is 28.3 Å². The quantitative estimate of drug-likeness (QED) is 0.249. The Labute approximate surface area is 211 Å². The van der Waals surface area contributed by atoms with Gasteiger partial charge in [-0.15, -0.1) is 0 Å². The largest absolute Gasteiger partial charge is 0.463 e. The Hall–Kier alpha value is -4.92. The van der Waals surface area contributed by atoms with Crippen molar-refractivity contribution in [3.05, 3.63) is 94.6 Å². The molecule has 4 amide bonds. The van der Waals surface area contributed by atoms with Crippen LogP contribution in [0.2, 0.25) is 0 Å². The number of imide groups is 2. The number of nitrogens with one attached hydrogen (secondary N) is 1. The lowest BCUT2D eigenvalue weighted by Gasteiger charge is -2.26. The number of fused-ring (bicyclic) bond motifs is 1. The SMILES string of the molecule is COC(=O)c1ccc(Cn2cc(/C=C3\C(=O)NC(=O)N(c4cc(C)cc(C)c4)C3=O)c3ccccc32)o1. The molecule has 0 radical (unpaired) electrons. The molecule has 9 nitrogen and oxygen atoms in total. The molecule has 0 atom stereocenters. The maximum atomic E-state index is 13.4. The van der Waals surface area contributed by atoms with Gasteiger partial charge in [0.15, 0.2) is 0 Å². The summed E-state index contributed by atoms with van der Waals surface area (Å²) in [6.07, 6.45) is 3.27. The predicted octanol–water partition coefficient (Wildman–Crippen LogP) is 4.35. The number of benzene rings is 2. The maximum Gasteiger partial charge on any atom is 0.373 e. The van der Waals surface area contributed by atoms with Gasteiger partial charge in [-0.25, -0.2) is 14.5 Å². The number of methoxy groups -OCH3 is 1. The van der Waals surface area contributed by atoms with E-state index in [1.165, 1.54) is 13.2 Å². The van der Waals surface area contributed by atoms with Crippen LogP contribution in [0.4, 0.5) is 10.5 Å². The minimum Gasteiger partial charge on any atom is -0.463 e. The number of nitrogens with zero attached hydrogens (tertiary/aromatic N) is 2. The second-order valence-corrected chi connectivity index (χ2v) is 8.79. The van der Waals surface area contributed by atoms with E-state index in [-0.39, 0.29) is 11.3 Å². The lowest BCUT2D eigenvalue weighted by Crippen LogP contribution is -2.54. The number of barbiturate groups is 1. The van der Waals surface area contributed by atoms with Crippen LogP contribution in [0.5, 0.6) is 0 Å². The molecule has 1 aliphatic rings. The first-order valence-electron chi connectivity index (χ1n) is 11.5. The van der Waals surface area contributed by atoms with E-state index in [0.717, 1.165) is 26.9 Å². The molecule has 1 N–H and O–H groups in total. The fraction of sp³-hybridized carbons (Fsp3) is 0.143. The number of hydrogen-bond acceptors (Lipinski definition) is 6. The number of rotatable bonds is 5. The molecule has 9 heteroatoms. The highest BCUT2D eigenvalue weighted by Gasteiger charge is 2.37. The van der Waals surface area contributed by atoms with Crippen LogP contribution >= 0.6 is 0 Å². The molecule has 0 spiro atoms. The first-order chi connectivity index (χ1) is 17.7. The Balaban J connectivity index is 1.54. The number of aryl methyl sites for hydroxylation is 2. The Morgan fingerprint density at radius 2 is 1.76 bits per heavy atom. The fourth-order valence-corrected chi connectivity index (χ4v) is 4.49. The molecule has 1 saturated heterocycles. The van der Waals surface area contributed by atoms with Crippen LogP contribution in [0.25, 0.3) is 17.0 Å². The number of anilines is 1. The monoisotopic (exact) mass is 497 g/mol. The lowest BCUT2D eigenvalue weighted by atomic mass is 10.0. The molecule has 2 aromatic carbocycles. The van der Waals surface area contributed by atoms with Gasteiger partial charge in [0, 0.05) is 22.7 Å². The summed E-state index contributed by atoms with van der Waals surface area (Å²) in [6.45, 7) is 4.04. The molecule has 0 bridgehead atoms. The summed E-state index contributed by atoms with van der Waals surface area (Å²) in [5, 5.41) is 3.07. The van der Waals surface area contributed by atoms with Crippen LogP contribution in [0.1, 0.15) is 33.0 Å². The molecule has 1 fully saturated rings. The summed E-state index contributed by atoms with van der Waals surface area (Å²) in [5.74, 6) is -1.42. The second kappa shape index (κ2) is 9.27. The van der Waals surface area contributed by atoms with Crippen LogP contribution < -0.4 is 10.2 Å². The minimum atomic E-state index is -0.793. The van der Waals surface area contributed by atoms with Gasteiger partial charge in [0.05, 0.1) is 19.3 Å². The number of esters is 1. The molecule has 1 aliphatic heterocycles. The first kappa shape index (κ1) is 23.8. The number of carbonyl (C=O) groups excluding carboxylic acids is 4. The van der Waals surface area contributed by atoms with Gasteiger partial charge >= 0.3 is 12.0 Å². The van der Waals surface area contributed by atoms with E-state index in [2.05, 4.69) is 5.32 Å². The Morgan fingerprint density at radius 3 is 2.49 bits per heavy atom. The van der Waals surface area contributed by atoms with Gasteiger partial charge in [0.25, 0.3) is 11.8 Å². The molecular formula is C28H23N3O6. The van der Waals surface area contributed by atoms with E-state index in [4.69, 9.17) is 9.15 Å². The Morgan fingerprint density at radius 1 is 1.03 bits per heavy atom. The molecule has 4 aromatic rings. The Bertz CT molecular complexity index is 1600. The number of aromatic nitrogens is 1. The summed E-state index contributed by atoms with van der Waals surface area (Å²) in [5.41, 5.74) is 3.44. The van der Waals surface area contributed by atoms with Crippen LogP contribution in [0.15, 0.2) is 70.8 Å². The molecule has 2 aromatic heterocycles. The van der Waals surface area contributed by atoms with Crippen molar-refractivity contribution in [2.24, 2.45) is 0 Å². The van der Waals surface area contributed by atoms with E-state index in [9.17, 15) is 19.2 Å². The smallest absolute Gasteiger partial charge is 0.373 e. The van der Waals surface area contributed by atoms with Crippen molar-refractivity contribution in [1.82, 2.24) is 9.88 Å². The van der Waals surface area contributed by atoms with Gasteiger partial charge in [-0.3, -0.25) is 14.9 Å². The zero-order valence-corrected chi connectivity index (χ0v) is 20.4. The van der Waals surface area contributed by atoms with E-state index in [1.807, 2.05) is 48.7 Å². The standard InChI is InChI=1S/C28H23N3O6/c1-16-10-17(2)12-19(11-16)31-26(33)22(25(32)29-28(31)35)13-18-14-30(23-7-5-4-6-21(18)23)15-20-8-9-24(37-20)27(34)36-3/h4-14H,15H2,1-3H3,(H,29,32,35)/b22-13+. The van der Waals surface area contributed by atoms with Crippen LogP contribution in [0.3, 0.4) is 0 Å². The lowest BCUT2D eigenvalue weighted by molar-refractivity contribution is -0.122. The topological polar surface area (TPSA) is 111 Å². The number of furan rings is 1. The predicted molar refractivity (Wildman–Crippen MR) is 136 cm³/mol. The van der Waals surface area contributed by atoms with E-state index >= 15 is 0 Å². The van der Waals surface area contributed by atoms with Crippen molar-refractivity contribution >= 4 is 46.5 Å². The van der Waals surface area contributed by atoms with Crippen molar-refractivity contribution in [3.8, 4) is 0 Å². The number of ether oxygens (including phenoxy) is 1. The maximum absolute atomic E-state index is 13.4. The molecule has 0 saturated carbocycles. The van der Waals surface area contributed by atoms with Crippen molar-refractivity contribution in [1.29, 1.82) is 0 Å². The zero-order chi connectivity index (χ0) is 26.3. The first-order valence-corrected chi connectivity index (χ1v) is 11.5. The van der Waals surface area contributed by atoms with Gasteiger partial charge < -0.3 is 13.7 Å². The Kier molecular flexibility index (Phi) is 5.96. The van der Waals surface area contributed by atoms with E-state index < -0.39 is 23.8 Å². The summed E-state index contributed by atoms with van der Waals surface area (Å²) in [7, 11) is 1.28. The average Bonchev–Trinajstić information content (AvgIpc) is 3.46. The number of urea groups is 1. The number of para-hydroxylation sites is 1. The summed E-state index contributed by atoms with van der Waals surface area (Å²) in [4.78, 5) is 51.5. The summed E-state index contributed by atoms with van der Waals surface area (Å²) < 4.78 is 12.2. The second-order valence-electron chi connectivity index (χ2n) is 8.79. The minimum absolute atomic E-state index is 0.0944. The third-order valence-corrected chi connectivity index (χ3v) is 6.06. The van der Waals surface area contributed by atoms with Crippen LogP contribution in [-0.4, -0.2) is 35.5 Å². The molecule has 37 heavy (non-hydrogen) atoms. The van der Waals surface area contributed by atoms with Crippen LogP contribution in [-0.2, 0) is 20.9 Å². The zero-order valence-electron chi connectivity index (χ0n) is 20.4. The average molecular weight is 498 g/mol. The summed E-state index contributed by atoms with van der Waals surface area (Å²) >= 11 is 0. The van der Waals surface area contributed by atoms with Crippen molar-refractivity contribution in [2.45, 2.75) is 20.4 Å². The molecule has 186 valence electrons. The van der Waals surface area contributed by atoms with Gasteiger partial charge in [-0.1, -0.05) is 24.3 Å². The van der Waals surface area contributed by atoms with Gasteiger partial charge in [-0.2, -0.15) is 0 Å². The number of hydrogen-bond donors (Lipinski definition) is 1. The number of carbonyl (C=O) groups is 4.